The van der Waals surface area contributed by atoms with Crippen LogP contribution in [0.3, 0.4) is 0 Å². The smallest absolute Gasteiger partial charge is 0.255 e. The molecular formula is C19H24N2O2. The molecule has 1 aromatic carbocycles. The third kappa shape index (κ3) is 2.55. The number of hydrogen-bond donors (Lipinski definition) is 1. The van der Waals surface area contributed by atoms with E-state index in [0.29, 0.717) is 17.6 Å². The van der Waals surface area contributed by atoms with Crippen molar-refractivity contribution in [3.05, 3.63) is 35.6 Å². The van der Waals surface area contributed by atoms with Gasteiger partial charge in [-0.15, -0.1) is 0 Å². The molecule has 2 aliphatic rings. The summed E-state index contributed by atoms with van der Waals surface area (Å²) in [4.78, 5) is 15.2. The third-order valence-electron chi connectivity index (χ3n) is 5.72. The average Bonchev–Trinajstić information content (AvgIpc) is 3.04. The molecular weight excluding hydrogens is 288 g/mol. The van der Waals surface area contributed by atoms with Crippen molar-refractivity contribution in [2.24, 2.45) is 0 Å². The van der Waals surface area contributed by atoms with Crippen LogP contribution in [0.2, 0.25) is 0 Å². The number of carbonyl (C=O) groups excluding carboxylic acids is 1. The van der Waals surface area contributed by atoms with Gasteiger partial charge in [0.15, 0.2) is 0 Å². The number of piperidine rings is 1. The van der Waals surface area contributed by atoms with Crippen molar-refractivity contribution in [1.29, 1.82) is 0 Å². The first-order valence-electron chi connectivity index (χ1n) is 8.68. The predicted molar refractivity (Wildman–Crippen MR) is 90.7 cm³/mol. The minimum atomic E-state index is 0.00551. The molecule has 0 aliphatic carbocycles. The first-order chi connectivity index (χ1) is 11.2. The van der Waals surface area contributed by atoms with Gasteiger partial charge in [-0.05, 0) is 56.8 Å². The normalized spacial score (nSPS) is 27.5. The van der Waals surface area contributed by atoms with Crippen molar-refractivity contribution in [2.75, 3.05) is 7.05 Å². The number of rotatable bonds is 3. The Morgan fingerprint density at radius 1 is 1.30 bits per heavy atom. The summed E-state index contributed by atoms with van der Waals surface area (Å²) in [5.74, 6) is 0.00551. The van der Waals surface area contributed by atoms with Gasteiger partial charge in [0.2, 0.25) is 0 Å². The van der Waals surface area contributed by atoms with Gasteiger partial charge in [-0.2, -0.15) is 0 Å². The summed E-state index contributed by atoms with van der Waals surface area (Å²) in [6, 6.07) is 7.64. The van der Waals surface area contributed by atoms with Crippen LogP contribution in [-0.4, -0.2) is 36.0 Å². The van der Waals surface area contributed by atoms with Crippen molar-refractivity contribution in [1.82, 2.24) is 10.2 Å². The van der Waals surface area contributed by atoms with Gasteiger partial charge in [-0.25, -0.2) is 0 Å². The molecule has 4 nitrogen and oxygen atoms in total. The molecule has 0 saturated carbocycles. The fourth-order valence-electron chi connectivity index (χ4n) is 4.26. The Kier molecular flexibility index (Phi) is 3.64. The molecule has 2 saturated heterocycles. The van der Waals surface area contributed by atoms with Crippen LogP contribution < -0.4 is 5.32 Å². The summed E-state index contributed by atoms with van der Waals surface area (Å²) in [6.07, 6.45) is 7.22. The SMILES string of the molecule is CCc1ccc2occ(C(=O)NC3CC4CCC(C3)N4C)c2c1. The van der Waals surface area contributed by atoms with E-state index in [4.69, 9.17) is 4.42 Å². The van der Waals surface area contributed by atoms with Crippen LogP contribution in [0.4, 0.5) is 0 Å². The topological polar surface area (TPSA) is 45.5 Å². The van der Waals surface area contributed by atoms with Gasteiger partial charge in [0.05, 0.1) is 5.56 Å². The highest BCUT2D eigenvalue weighted by Gasteiger charge is 2.39. The highest BCUT2D eigenvalue weighted by atomic mass is 16.3. The number of benzene rings is 1. The van der Waals surface area contributed by atoms with Gasteiger partial charge in [0.1, 0.15) is 11.8 Å². The second-order valence-electron chi connectivity index (χ2n) is 7.03. The van der Waals surface area contributed by atoms with Crippen LogP contribution in [0.1, 0.15) is 48.5 Å². The minimum Gasteiger partial charge on any atom is -0.463 e. The van der Waals surface area contributed by atoms with Crippen LogP contribution in [0.5, 0.6) is 0 Å². The number of nitrogens with zero attached hydrogens (tertiary/aromatic N) is 1. The summed E-state index contributed by atoms with van der Waals surface area (Å²) in [5, 5.41) is 4.18. The lowest BCUT2D eigenvalue weighted by Crippen LogP contribution is -2.48. The van der Waals surface area contributed by atoms with E-state index in [1.165, 1.54) is 18.4 Å². The van der Waals surface area contributed by atoms with Crippen LogP contribution in [-0.2, 0) is 6.42 Å². The molecule has 1 aromatic heterocycles. The predicted octanol–water partition coefficient (Wildman–Crippen LogP) is 3.35. The Bertz CT molecular complexity index is 722. The number of nitrogens with one attached hydrogen (secondary N) is 1. The first-order valence-corrected chi connectivity index (χ1v) is 8.68. The maximum atomic E-state index is 12.7. The zero-order valence-electron chi connectivity index (χ0n) is 13.8. The molecule has 0 spiro atoms. The molecule has 2 atom stereocenters. The number of fused-ring (bicyclic) bond motifs is 3. The van der Waals surface area contributed by atoms with E-state index in [0.717, 1.165) is 30.2 Å². The Balaban J connectivity index is 1.53. The van der Waals surface area contributed by atoms with Crippen molar-refractivity contribution in [3.63, 3.8) is 0 Å². The fourth-order valence-corrected chi connectivity index (χ4v) is 4.26. The Morgan fingerprint density at radius 2 is 2.04 bits per heavy atom. The first kappa shape index (κ1) is 14.8. The van der Waals surface area contributed by atoms with Gasteiger partial charge >= 0.3 is 0 Å². The highest BCUT2D eigenvalue weighted by Crippen LogP contribution is 2.34. The maximum Gasteiger partial charge on any atom is 0.255 e. The lowest BCUT2D eigenvalue weighted by molar-refractivity contribution is 0.0883. The van der Waals surface area contributed by atoms with Crippen molar-refractivity contribution < 1.29 is 9.21 Å². The zero-order valence-corrected chi connectivity index (χ0v) is 13.8. The quantitative estimate of drug-likeness (QED) is 0.945. The van der Waals surface area contributed by atoms with Gasteiger partial charge in [0.25, 0.3) is 5.91 Å². The van der Waals surface area contributed by atoms with Crippen LogP contribution >= 0.6 is 0 Å². The van der Waals surface area contributed by atoms with Gasteiger partial charge < -0.3 is 14.6 Å². The molecule has 3 heterocycles. The van der Waals surface area contributed by atoms with Crippen LogP contribution in [0.15, 0.2) is 28.9 Å². The number of hydrogen-bond acceptors (Lipinski definition) is 3. The molecule has 2 fully saturated rings. The fraction of sp³-hybridized carbons (Fsp3) is 0.526. The summed E-state index contributed by atoms with van der Waals surface area (Å²) < 4.78 is 5.56. The molecule has 2 aliphatic heterocycles. The van der Waals surface area contributed by atoms with E-state index in [1.54, 1.807) is 6.26 Å². The highest BCUT2D eigenvalue weighted by molar-refractivity contribution is 6.06. The van der Waals surface area contributed by atoms with E-state index in [2.05, 4.69) is 36.3 Å². The van der Waals surface area contributed by atoms with Gasteiger partial charge in [-0.1, -0.05) is 13.0 Å². The number of amides is 1. The second kappa shape index (κ2) is 5.68. The molecule has 1 amide bonds. The lowest BCUT2D eigenvalue weighted by atomic mass is 9.97. The monoisotopic (exact) mass is 312 g/mol. The Labute approximate surface area is 136 Å². The van der Waals surface area contributed by atoms with E-state index < -0.39 is 0 Å². The molecule has 4 rings (SSSR count). The summed E-state index contributed by atoms with van der Waals surface area (Å²) >= 11 is 0. The molecule has 0 radical (unpaired) electrons. The molecule has 2 bridgehead atoms. The summed E-state index contributed by atoms with van der Waals surface area (Å²) in [7, 11) is 2.22. The average molecular weight is 312 g/mol. The van der Waals surface area contributed by atoms with E-state index in [-0.39, 0.29) is 11.9 Å². The Morgan fingerprint density at radius 3 is 2.74 bits per heavy atom. The molecule has 2 aromatic rings. The largest absolute Gasteiger partial charge is 0.463 e. The second-order valence-corrected chi connectivity index (χ2v) is 7.03. The van der Waals surface area contributed by atoms with Crippen LogP contribution in [0, 0.1) is 0 Å². The number of furan rings is 1. The summed E-state index contributed by atoms with van der Waals surface area (Å²) in [5.41, 5.74) is 2.68. The number of aryl methyl sites for hydroxylation is 1. The maximum absolute atomic E-state index is 12.7. The van der Waals surface area contributed by atoms with Crippen LogP contribution in [0.25, 0.3) is 11.0 Å². The standard InChI is InChI=1S/C19H24N2O2/c1-3-12-4-7-18-16(8-12)17(11-23-18)19(22)20-13-9-14-5-6-15(10-13)21(14)2/h4,7-8,11,13-15H,3,5-6,9-10H2,1-2H3,(H,20,22). The van der Waals surface area contributed by atoms with Crippen molar-refractivity contribution in [3.8, 4) is 0 Å². The van der Waals surface area contributed by atoms with Crippen molar-refractivity contribution in [2.45, 2.75) is 57.2 Å². The van der Waals surface area contributed by atoms with E-state index >= 15 is 0 Å². The lowest BCUT2D eigenvalue weighted by Gasteiger charge is -2.36. The molecule has 2 unspecified atom stereocenters. The molecule has 122 valence electrons. The molecule has 23 heavy (non-hydrogen) atoms. The molecule has 1 N–H and O–H groups in total. The molecule has 4 heteroatoms. The van der Waals surface area contributed by atoms with Gasteiger partial charge in [-0.3, -0.25) is 4.79 Å². The third-order valence-corrected chi connectivity index (χ3v) is 5.72. The van der Waals surface area contributed by atoms with E-state index in [9.17, 15) is 4.79 Å². The van der Waals surface area contributed by atoms with Crippen molar-refractivity contribution >= 4 is 16.9 Å². The van der Waals surface area contributed by atoms with E-state index in [1.807, 2.05) is 6.07 Å². The number of carbonyl (C=O) groups is 1. The summed E-state index contributed by atoms with van der Waals surface area (Å²) in [6.45, 7) is 2.12. The minimum absolute atomic E-state index is 0.00551. The Hall–Kier alpha value is -1.81. The zero-order chi connectivity index (χ0) is 16.0. The van der Waals surface area contributed by atoms with Gasteiger partial charge in [0, 0.05) is 23.5 Å².